The van der Waals surface area contributed by atoms with E-state index in [2.05, 4.69) is 60.4 Å². The Balaban J connectivity index is 1.46. The molecule has 0 unspecified atom stereocenters. The summed E-state index contributed by atoms with van der Waals surface area (Å²) in [6.45, 7) is 5.32. The van der Waals surface area contributed by atoms with Crippen LogP contribution in [0.15, 0.2) is 79.0 Å². The maximum Gasteiger partial charge on any atom is 0.294 e. The van der Waals surface area contributed by atoms with Gasteiger partial charge in [-0.1, -0.05) is 72.3 Å². The maximum atomic E-state index is 14.0. The Labute approximate surface area is 244 Å². The third-order valence-corrected chi connectivity index (χ3v) is 8.17. The number of carbonyl (C=O) groups excluding carboxylic acids is 3. The normalized spacial score (nSPS) is 17.7. The summed E-state index contributed by atoms with van der Waals surface area (Å²) in [6, 6.07) is 23.9. The van der Waals surface area contributed by atoms with Crippen molar-refractivity contribution in [1.82, 2.24) is 19.4 Å². The molecule has 2 N–H and O–H groups in total. The second kappa shape index (κ2) is 11.4. The first-order valence-electron chi connectivity index (χ1n) is 13.6. The van der Waals surface area contributed by atoms with Gasteiger partial charge in [0, 0.05) is 50.9 Å². The Morgan fingerprint density at radius 3 is 2.02 bits per heavy atom. The fourth-order valence-electron chi connectivity index (χ4n) is 5.73. The SMILES string of the molecule is C[C@@H]1CN(C(c2ccccc2)c2ccccc2)[C@@H](C)CN1C(=O)c1cc2c(C(=O)C(=O)N(C)C)cn(N)c2cc1Cl. The van der Waals surface area contributed by atoms with Gasteiger partial charge in [0.05, 0.1) is 27.7 Å². The van der Waals surface area contributed by atoms with Crippen LogP contribution in [0.3, 0.4) is 0 Å². The quantitative estimate of drug-likeness (QED) is 0.207. The van der Waals surface area contributed by atoms with E-state index in [1.807, 2.05) is 24.0 Å². The van der Waals surface area contributed by atoms with Gasteiger partial charge in [-0.05, 0) is 37.1 Å². The third kappa shape index (κ3) is 5.33. The number of nitrogens with zero attached hydrogens (tertiary/aromatic N) is 4. The highest BCUT2D eigenvalue weighted by molar-refractivity contribution is 6.45. The lowest BCUT2D eigenvalue weighted by molar-refractivity contribution is -0.124. The van der Waals surface area contributed by atoms with E-state index in [9.17, 15) is 14.4 Å². The van der Waals surface area contributed by atoms with Crippen LogP contribution in [0.4, 0.5) is 0 Å². The number of likely N-dealkylation sites (N-methyl/N-ethyl adjacent to an activating group) is 1. The highest BCUT2D eigenvalue weighted by Crippen LogP contribution is 2.35. The van der Waals surface area contributed by atoms with E-state index in [1.54, 1.807) is 12.1 Å². The smallest absolute Gasteiger partial charge is 0.294 e. The zero-order valence-corrected chi connectivity index (χ0v) is 24.4. The lowest BCUT2D eigenvalue weighted by Gasteiger charge is -2.47. The number of Topliss-reactive ketones (excluding diaryl/α,β-unsaturated/α-hetero) is 1. The molecule has 2 amide bonds. The van der Waals surface area contributed by atoms with Crippen molar-refractivity contribution in [3.8, 4) is 0 Å². The lowest BCUT2D eigenvalue weighted by Crippen LogP contribution is -2.58. The van der Waals surface area contributed by atoms with E-state index in [1.165, 1.54) is 41.0 Å². The average molecular weight is 572 g/mol. The van der Waals surface area contributed by atoms with Gasteiger partial charge in [-0.3, -0.25) is 24.0 Å². The molecule has 1 fully saturated rings. The van der Waals surface area contributed by atoms with E-state index < -0.39 is 11.7 Å². The standard InChI is InChI=1S/C32H34ClN5O3/c1-20-18-37(21(2)17-36(20)29(22-11-7-5-8-12-22)23-13-9-6-10-14-23)31(40)25-15-24-26(30(39)32(41)35(3)4)19-38(34)28(24)16-27(25)33/h5-16,19-21,29H,17-18,34H2,1-4H3/t20-,21+/m0/s1. The molecule has 2 atom stereocenters. The largest absolute Gasteiger partial charge is 0.342 e. The maximum absolute atomic E-state index is 14.0. The first-order chi connectivity index (χ1) is 19.6. The predicted molar refractivity (Wildman–Crippen MR) is 162 cm³/mol. The number of nitrogen functional groups attached to an aromatic ring is 1. The van der Waals surface area contributed by atoms with Crippen molar-refractivity contribution in [2.75, 3.05) is 33.0 Å². The van der Waals surface area contributed by atoms with Gasteiger partial charge in [-0.2, -0.15) is 0 Å². The Bertz CT molecular complexity index is 1560. The van der Waals surface area contributed by atoms with E-state index in [0.29, 0.717) is 24.0 Å². The minimum atomic E-state index is -0.701. The highest BCUT2D eigenvalue weighted by atomic mass is 35.5. The fourth-order valence-corrected chi connectivity index (χ4v) is 5.97. The van der Waals surface area contributed by atoms with Crippen LogP contribution in [0, 0.1) is 0 Å². The summed E-state index contributed by atoms with van der Waals surface area (Å²) in [5.41, 5.74) is 3.25. The summed E-state index contributed by atoms with van der Waals surface area (Å²) in [5, 5.41) is 0.645. The van der Waals surface area contributed by atoms with Crippen LogP contribution >= 0.6 is 11.6 Å². The van der Waals surface area contributed by atoms with Gasteiger partial charge >= 0.3 is 0 Å². The van der Waals surface area contributed by atoms with Gasteiger partial charge in [-0.15, -0.1) is 0 Å². The summed E-state index contributed by atoms with van der Waals surface area (Å²) in [7, 11) is 3.02. The van der Waals surface area contributed by atoms with E-state index in [4.69, 9.17) is 17.4 Å². The molecule has 8 nitrogen and oxygen atoms in total. The van der Waals surface area contributed by atoms with Crippen LogP contribution in [-0.2, 0) is 4.79 Å². The number of aromatic nitrogens is 1. The molecule has 5 rings (SSSR count). The van der Waals surface area contributed by atoms with Gasteiger partial charge in [0.25, 0.3) is 17.6 Å². The third-order valence-electron chi connectivity index (χ3n) is 7.85. The summed E-state index contributed by atoms with van der Waals surface area (Å²) < 4.78 is 1.25. The molecule has 212 valence electrons. The first kappa shape index (κ1) is 28.4. The highest BCUT2D eigenvalue weighted by Gasteiger charge is 2.37. The number of nitrogens with two attached hydrogens (primary N) is 1. The first-order valence-corrected chi connectivity index (χ1v) is 14.0. The monoisotopic (exact) mass is 571 g/mol. The fraction of sp³-hybridized carbons (Fsp3) is 0.281. The number of hydrogen-bond acceptors (Lipinski definition) is 5. The number of hydrogen-bond donors (Lipinski definition) is 1. The summed E-state index contributed by atoms with van der Waals surface area (Å²) in [6.07, 6.45) is 1.40. The zero-order chi connectivity index (χ0) is 29.4. The van der Waals surface area contributed by atoms with Crippen molar-refractivity contribution in [1.29, 1.82) is 0 Å². The second-order valence-corrected chi connectivity index (χ2v) is 11.3. The van der Waals surface area contributed by atoms with Crippen LogP contribution in [0.25, 0.3) is 10.9 Å². The van der Waals surface area contributed by atoms with Crippen molar-refractivity contribution >= 4 is 40.1 Å². The van der Waals surface area contributed by atoms with Gasteiger partial charge in [0.15, 0.2) is 0 Å². The molecule has 4 aromatic rings. The zero-order valence-electron chi connectivity index (χ0n) is 23.6. The van der Waals surface area contributed by atoms with Crippen molar-refractivity contribution in [2.45, 2.75) is 32.0 Å². The number of amides is 2. The van der Waals surface area contributed by atoms with E-state index in [-0.39, 0.29) is 40.2 Å². The molecular weight excluding hydrogens is 538 g/mol. The van der Waals surface area contributed by atoms with E-state index in [0.717, 1.165) is 0 Å². The van der Waals surface area contributed by atoms with Crippen molar-refractivity contribution < 1.29 is 14.4 Å². The Morgan fingerprint density at radius 2 is 1.46 bits per heavy atom. The molecule has 0 aliphatic carbocycles. The molecule has 9 heteroatoms. The van der Waals surface area contributed by atoms with E-state index >= 15 is 0 Å². The molecule has 0 bridgehead atoms. The van der Waals surface area contributed by atoms with Gasteiger partial charge in [-0.25, -0.2) is 0 Å². The number of fused-ring (bicyclic) bond motifs is 1. The molecule has 2 heterocycles. The summed E-state index contributed by atoms with van der Waals surface area (Å²) in [5.74, 6) is 4.48. The van der Waals surface area contributed by atoms with Crippen LogP contribution in [0.2, 0.25) is 5.02 Å². The predicted octanol–water partition coefficient (Wildman–Crippen LogP) is 4.60. The number of carbonyl (C=O) groups is 3. The van der Waals surface area contributed by atoms with Gasteiger partial charge < -0.3 is 15.6 Å². The van der Waals surface area contributed by atoms with Crippen LogP contribution < -0.4 is 5.84 Å². The van der Waals surface area contributed by atoms with Crippen LogP contribution in [0.1, 0.15) is 51.7 Å². The number of benzene rings is 3. The topological polar surface area (TPSA) is 91.9 Å². The average Bonchev–Trinajstić information content (AvgIpc) is 3.29. The molecular formula is C32H34ClN5O3. The minimum Gasteiger partial charge on any atom is -0.342 e. The molecule has 3 aromatic carbocycles. The second-order valence-electron chi connectivity index (χ2n) is 10.9. The lowest BCUT2D eigenvalue weighted by atomic mass is 9.93. The Morgan fingerprint density at radius 1 is 0.878 bits per heavy atom. The molecule has 1 aliphatic heterocycles. The van der Waals surface area contributed by atoms with Crippen LogP contribution in [0.5, 0.6) is 0 Å². The molecule has 0 spiro atoms. The molecule has 41 heavy (non-hydrogen) atoms. The van der Waals surface area contributed by atoms with Crippen molar-refractivity contribution in [3.63, 3.8) is 0 Å². The Kier molecular flexibility index (Phi) is 7.89. The Hall–Kier alpha value is -4.14. The molecule has 0 saturated carbocycles. The van der Waals surface area contributed by atoms with Crippen molar-refractivity contribution in [3.05, 3.63) is 106 Å². The minimum absolute atomic E-state index is 0.0409. The summed E-state index contributed by atoms with van der Waals surface area (Å²) in [4.78, 5) is 44.8. The van der Waals surface area contributed by atoms with Gasteiger partial charge in [0.2, 0.25) is 0 Å². The summed E-state index contributed by atoms with van der Waals surface area (Å²) >= 11 is 6.63. The molecule has 1 aliphatic rings. The van der Waals surface area contributed by atoms with Crippen molar-refractivity contribution in [2.24, 2.45) is 0 Å². The molecule has 1 saturated heterocycles. The number of rotatable bonds is 6. The van der Waals surface area contributed by atoms with Gasteiger partial charge in [0.1, 0.15) is 0 Å². The number of ketones is 1. The number of piperazine rings is 1. The number of halogens is 1. The molecule has 0 radical (unpaired) electrons. The van der Waals surface area contributed by atoms with Crippen LogP contribution in [-0.4, -0.2) is 76.2 Å². The molecule has 1 aromatic heterocycles.